The molecule has 0 aliphatic carbocycles. The fourth-order valence-electron chi connectivity index (χ4n) is 3.92. The summed E-state index contributed by atoms with van der Waals surface area (Å²) in [4.78, 5) is 32.6. The molecule has 0 bridgehead atoms. The Morgan fingerprint density at radius 1 is 1.14 bits per heavy atom. The Kier molecular flexibility index (Phi) is 4.89. The summed E-state index contributed by atoms with van der Waals surface area (Å²) < 4.78 is 5.48. The third-order valence-corrected chi connectivity index (χ3v) is 5.72. The maximum Gasteiger partial charge on any atom is 0.410 e. The number of hydrogen-bond donors (Lipinski definition) is 1. The predicted octanol–water partition coefficient (Wildman–Crippen LogP) is 3.68. The number of aliphatic imine (C=N–C) groups is 1. The van der Waals surface area contributed by atoms with Gasteiger partial charge in [-0.15, -0.1) is 0 Å². The average molecular weight is 386 g/mol. The number of piperidine rings is 1. The van der Waals surface area contributed by atoms with Crippen molar-refractivity contribution in [1.29, 1.82) is 0 Å². The van der Waals surface area contributed by atoms with Gasteiger partial charge in [0.1, 0.15) is 17.0 Å². The first-order chi connectivity index (χ1) is 12.9. The van der Waals surface area contributed by atoms with Crippen LogP contribution in [0.1, 0.15) is 50.3 Å². The van der Waals surface area contributed by atoms with Crippen molar-refractivity contribution in [3.05, 3.63) is 28.8 Å². The summed E-state index contributed by atoms with van der Waals surface area (Å²) in [7, 11) is 0. The number of ether oxygens (including phenoxy) is 1. The number of anilines is 1. The first-order valence-electron chi connectivity index (χ1n) is 9.69. The van der Waals surface area contributed by atoms with E-state index in [-0.39, 0.29) is 12.1 Å². The predicted molar refractivity (Wildman–Crippen MR) is 110 cm³/mol. The zero-order valence-corrected chi connectivity index (χ0v) is 17.6. The van der Waals surface area contributed by atoms with Crippen molar-refractivity contribution < 1.29 is 14.3 Å². The summed E-state index contributed by atoms with van der Waals surface area (Å²) in [6, 6.07) is 3.68. The lowest BCUT2D eigenvalue weighted by Crippen LogP contribution is -2.61. The number of aryl methyl sites for hydroxylation is 2. The van der Waals surface area contributed by atoms with E-state index in [1.807, 2.05) is 46.8 Å². The molecule has 1 spiro atoms. The summed E-state index contributed by atoms with van der Waals surface area (Å²) >= 11 is 0. The molecule has 1 aromatic rings. The van der Waals surface area contributed by atoms with Gasteiger partial charge in [0.25, 0.3) is 0 Å². The number of amides is 3. The van der Waals surface area contributed by atoms with Gasteiger partial charge in [-0.3, -0.25) is 4.90 Å². The van der Waals surface area contributed by atoms with Crippen LogP contribution in [0.4, 0.5) is 15.3 Å². The van der Waals surface area contributed by atoms with Crippen LogP contribution in [0.25, 0.3) is 0 Å². The standard InChI is InChI=1S/C21H30N4O3/c1-13-11-16(12-14(2)15(13)3)25-18(26)23-17(22)21(25)7-9-24(10-8-21)19(27)28-20(4,5)6/h11-12H,7-10H2,1-6H3,(H2,22,23,26). The highest BCUT2D eigenvalue weighted by Crippen LogP contribution is 2.39. The molecule has 1 saturated heterocycles. The molecule has 2 heterocycles. The lowest BCUT2D eigenvalue weighted by Gasteiger charge is -2.44. The number of nitrogens with two attached hydrogens (primary N) is 1. The van der Waals surface area contributed by atoms with Gasteiger partial charge in [0, 0.05) is 18.8 Å². The number of rotatable bonds is 1. The summed E-state index contributed by atoms with van der Waals surface area (Å²) in [5.74, 6) is 0.331. The largest absolute Gasteiger partial charge is 0.444 e. The molecule has 3 amide bonds. The monoisotopic (exact) mass is 386 g/mol. The van der Waals surface area contributed by atoms with Crippen molar-refractivity contribution in [3.63, 3.8) is 0 Å². The number of hydrogen-bond acceptors (Lipinski definition) is 4. The third-order valence-electron chi connectivity index (χ3n) is 5.72. The average Bonchev–Trinajstić information content (AvgIpc) is 2.81. The highest BCUT2D eigenvalue weighted by atomic mass is 16.6. The second kappa shape index (κ2) is 6.79. The van der Waals surface area contributed by atoms with E-state index >= 15 is 0 Å². The van der Waals surface area contributed by atoms with Gasteiger partial charge >= 0.3 is 12.1 Å². The van der Waals surface area contributed by atoms with E-state index in [1.54, 1.807) is 9.80 Å². The van der Waals surface area contributed by atoms with Gasteiger partial charge in [-0.25, -0.2) is 9.59 Å². The molecule has 152 valence electrons. The molecule has 0 saturated carbocycles. The first kappa shape index (κ1) is 20.2. The van der Waals surface area contributed by atoms with Crippen LogP contribution in [-0.2, 0) is 4.74 Å². The molecule has 2 aliphatic rings. The highest BCUT2D eigenvalue weighted by Gasteiger charge is 2.51. The van der Waals surface area contributed by atoms with Gasteiger partial charge < -0.3 is 15.4 Å². The van der Waals surface area contributed by atoms with E-state index in [4.69, 9.17) is 10.5 Å². The quantitative estimate of drug-likeness (QED) is 0.797. The minimum atomic E-state index is -0.691. The Morgan fingerprint density at radius 3 is 2.18 bits per heavy atom. The molecular weight excluding hydrogens is 356 g/mol. The van der Waals surface area contributed by atoms with Crippen LogP contribution in [0.2, 0.25) is 0 Å². The zero-order valence-electron chi connectivity index (χ0n) is 17.6. The molecule has 28 heavy (non-hydrogen) atoms. The molecule has 1 aromatic carbocycles. The minimum Gasteiger partial charge on any atom is -0.444 e. The van der Waals surface area contributed by atoms with Crippen molar-refractivity contribution in [2.75, 3.05) is 18.0 Å². The van der Waals surface area contributed by atoms with Gasteiger partial charge in [0.05, 0.1) is 0 Å². The lowest BCUT2D eigenvalue weighted by atomic mass is 9.84. The third kappa shape index (κ3) is 3.45. The second-order valence-corrected chi connectivity index (χ2v) is 8.82. The maximum absolute atomic E-state index is 12.7. The number of benzene rings is 1. The Labute approximate surface area is 166 Å². The molecule has 2 N–H and O–H groups in total. The molecule has 0 radical (unpaired) electrons. The summed E-state index contributed by atoms with van der Waals surface area (Å²) in [5, 5.41) is 0. The lowest BCUT2D eigenvalue weighted by molar-refractivity contribution is 0.0193. The van der Waals surface area contributed by atoms with Crippen molar-refractivity contribution in [1.82, 2.24) is 4.90 Å². The molecule has 3 rings (SSSR count). The SMILES string of the molecule is Cc1cc(N2C(=O)N=C(N)C23CCN(C(=O)OC(C)(C)C)CC3)cc(C)c1C. The number of carbonyl (C=O) groups excluding carboxylic acids is 2. The van der Waals surface area contributed by atoms with Gasteiger partial charge in [-0.1, -0.05) is 0 Å². The fourth-order valence-corrected chi connectivity index (χ4v) is 3.92. The van der Waals surface area contributed by atoms with Gasteiger partial charge in [0.15, 0.2) is 0 Å². The number of nitrogens with zero attached hydrogens (tertiary/aromatic N) is 3. The van der Waals surface area contributed by atoms with Crippen LogP contribution in [0, 0.1) is 20.8 Å². The Balaban J connectivity index is 1.87. The van der Waals surface area contributed by atoms with Crippen LogP contribution in [0.15, 0.2) is 17.1 Å². The van der Waals surface area contributed by atoms with Crippen LogP contribution >= 0.6 is 0 Å². The molecule has 7 nitrogen and oxygen atoms in total. The molecule has 2 aliphatic heterocycles. The van der Waals surface area contributed by atoms with Crippen molar-refractivity contribution in [3.8, 4) is 0 Å². The molecule has 7 heteroatoms. The molecule has 0 atom stereocenters. The second-order valence-electron chi connectivity index (χ2n) is 8.82. The van der Waals surface area contributed by atoms with Crippen molar-refractivity contribution in [2.45, 2.75) is 65.5 Å². The number of amidine groups is 1. The number of likely N-dealkylation sites (tertiary alicyclic amines) is 1. The van der Waals surface area contributed by atoms with E-state index < -0.39 is 11.1 Å². The van der Waals surface area contributed by atoms with Crippen LogP contribution < -0.4 is 10.6 Å². The Morgan fingerprint density at radius 2 is 1.68 bits per heavy atom. The van der Waals surface area contributed by atoms with Gasteiger partial charge in [-0.2, -0.15) is 4.99 Å². The number of carbonyl (C=O) groups is 2. The van der Waals surface area contributed by atoms with Crippen LogP contribution in [0.5, 0.6) is 0 Å². The van der Waals surface area contributed by atoms with Gasteiger partial charge in [0.2, 0.25) is 0 Å². The molecule has 0 unspecified atom stereocenters. The highest BCUT2D eigenvalue weighted by molar-refractivity contribution is 6.15. The van der Waals surface area contributed by atoms with E-state index in [1.165, 1.54) is 5.56 Å². The fraction of sp³-hybridized carbons (Fsp3) is 0.571. The first-order valence-corrected chi connectivity index (χ1v) is 9.69. The van der Waals surface area contributed by atoms with Crippen LogP contribution in [0.3, 0.4) is 0 Å². The van der Waals surface area contributed by atoms with E-state index in [9.17, 15) is 9.59 Å². The normalized spacial score (nSPS) is 19.2. The Bertz CT molecular complexity index is 823. The summed E-state index contributed by atoms with van der Waals surface area (Å²) in [6.07, 6.45) is 0.717. The van der Waals surface area contributed by atoms with E-state index in [2.05, 4.69) is 11.9 Å². The van der Waals surface area contributed by atoms with Gasteiger partial charge in [-0.05, 0) is 83.2 Å². The summed E-state index contributed by atoms with van der Waals surface area (Å²) in [6.45, 7) is 12.6. The number of urea groups is 1. The minimum absolute atomic E-state index is 0.331. The molecular formula is C21H30N4O3. The Hall–Kier alpha value is -2.57. The van der Waals surface area contributed by atoms with Crippen molar-refractivity contribution >= 4 is 23.6 Å². The topological polar surface area (TPSA) is 88.2 Å². The van der Waals surface area contributed by atoms with Crippen molar-refractivity contribution in [2.24, 2.45) is 10.7 Å². The summed E-state index contributed by atoms with van der Waals surface area (Å²) in [5.41, 5.74) is 9.26. The maximum atomic E-state index is 12.7. The van der Waals surface area contributed by atoms with E-state index in [0.29, 0.717) is 31.8 Å². The zero-order chi connectivity index (χ0) is 20.9. The van der Waals surface area contributed by atoms with E-state index in [0.717, 1.165) is 16.8 Å². The smallest absolute Gasteiger partial charge is 0.410 e. The molecule has 0 aromatic heterocycles. The molecule has 1 fully saturated rings. The van der Waals surface area contributed by atoms with Crippen LogP contribution in [-0.4, -0.2) is 47.1 Å².